The number of benzene rings is 2. The number of anilines is 1. The fraction of sp³-hybridized carbons (Fsp3) is 0.211. The molecule has 1 amide bonds. The van der Waals surface area contributed by atoms with Crippen molar-refractivity contribution in [2.75, 3.05) is 19.4 Å². The highest BCUT2D eigenvalue weighted by Gasteiger charge is 2.30. The Bertz CT molecular complexity index is 983. The quantitative estimate of drug-likeness (QED) is 0.711. The maximum atomic E-state index is 12.9. The number of halogens is 3. The molecule has 0 fully saturated rings. The fourth-order valence-electron chi connectivity index (χ4n) is 2.51. The molecule has 1 aromatic heterocycles. The Labute approximate surface area is 159 Å². The van der Waals surface area contributed by atoms with Gasteiger partial charge in [-0.05, 0) is 24.3 Å². The lowest BCUT2D eigenvalue weighted by molar-refractivity contribution is -0.137. The molecule has 0 saturated carbocycles. The Hall–Kier alpha value is -3.36. The van der Waals surface area contributed by atoms with Crippen LogP contribution in [0.5, 0.6) is 0 Å². The first-order chi connectivity index (χ1) is 13.3. The summed E-state index contributed by atoms with van der Waals surface area (Å²) < 4.78 is 43.7. The van der Waals surface area contributed by atoms with E-state index in [1.54, 1.807) is 38.4 Å². The third-order valence-electron chi connectivity index (χ3n) is 3.91. The molecule has 3 aromatic rings. The van der Waals surface area contributed by atoms with E-state index in [1.165, 1.54) is 17.0 Å². The second-order valence-corrected chi connectivity index (χ2v) is 6.19. The molecule has 1 heterocycles. The molecule has 0 bridgehead atoms. The van der Waals surface area contributed by atoms with Crippen LogP contribution in [0.3, 0.4) is 0 Å². The van der Waals surface area contributed by atoms with E-state index in [4.69, 9.17) is 4.52 Å². The normalized spacial score (nSPS) is 11.3. The zero-order valence-electron chi connectivity index (χ0n) is 15.1. The summed E-state index contributed by atoms with van der Waals surface area (Å²) in [5.41, 5.74) is 0.476. The first kappa shape index (κ1) is 19.4. The minimum Gasteiger partial charge on any atom is -0.375 e. The number of carbonyl (C=O) groups is 1. The summed E-state index contributed by atoms with van der Waals surface area (Å²) in [5.74, 6) is 0.0679. The molecule has 3 rings (SSSR count). The summed E-state index contributed by atoms with van der Waals surface area (Å²) in [6, 6.07) is 11.7. The van der Waals surface area contributed by atoms with Crippen molar-refractivity contribution in [3.8, 4) is 11.4 Å². The van der Waals surface area contributed by atoms with E-state index in [-0.39, 0.29) is 29.7 Å². The van der Waals surface area contributed by atoms with E-state index in [2.05, 4.69) is 15.5 Å². The van der Waals surface area contributed by atoms with Crippen molar-refractivity contribution in [3.63, 3.8) is 0 Å². The highest BCUT2D eigenvalue weighted by atomic mass is 19.4. The Morgan fingerprint density at radius 2 is 1.89 bits per heavy atom. The molecule has 0 atom stereocenters. The van der Waals surface area contributed by atoms with E-state index in [0.717, 1.165) is 12.1 Å². The Balaban J connectivity index is 1.76. The lowest BCUT2D eigenvalue weighted by Crippen LogP contribution is -2.22. The molecule has 6 nitrogen and oxygen atoms in total. The van der Waals surface area contributed by atoms with Gasteiger partial charge < -0.3 is 14.7 Å². The van der Waals surface area contributed by atoms with Crippen molar-refractivity contribution < 1.29 is 22.5 Å². The van der Waals surface area contributed by atoms with Gasteiger partial charge in [0, 0.05) is 25.3 Å². The van der Waals surface area contributed by atoms with Gasteiger partial charge in [0.25, 0.3) is 5.91 Å². The monoisotopic (exact) mass is 390 g/mol. The first-order valence-electron chi connectivity index (χ1n) is 8.30. The van der Waals surface area contributed by atoms with Crippen LogP contribution < -0.4 is 5.32 Å². The number of nitrogens with one attached hydrogen (secondary N) is 1. The number of alkyl halides is 3. The summed E-state index contributed by atoms with van der Waals surface area (Å²) in [6.07, 6.45) is -4.45. The van der Waals surface area contributed by atoms with E-state index in [9.17, 15) is 18.0 Å². The second kappa shape index (κ2) is 7.71. The van der Waals surface area contributed by atoms with E-state index in [1.807, 2.05) is 0 Å². The van der Waals surface area contributed by atoms with Gasteiger partial charge in [0.15, 0.2) is 0 Å². The minimum atomic E-state index is -4.45. The summed E-state index contributed by atoms with van der Waals surface area (Å²) in [4.78, 5) is 17.8. The van der Waals surface area contributed by atoms with Crippen LogP contribution >= 0.6 is 0 Å². The van der Waals surface area contributed by atoms with Crippen LogP contribution in [-0.2, 0) is 12.7 Å². The molecule has 0 spiro atoms. The van der Waals surface area contributed by atoms with Crippen molar-refractivity contribution in [1.29, 1.82) is 0 Å². The Morgan fingerprint density at radius 3 is 2.61 bits per heavy atom. The number of para-hydroxylation sites is 1. The molecule has 0 aliphatic rings. The van der Waals surface area contributed by atoms with Gasteiger partial charge in [0.2, 0.25) is 11.7 Å². The lowest BCUT2D eigenvalue weighted by Gasteiger charge is -2.14. The van der Waals surface area contributed by atoms with Crippen LogP contribution in [0.2, 0.25) is 0 Å². The molecule has 0 radical (unpaired) electrons. The van der Waals surface area contributed by atoms with Gasteiger partial charge in [-0.15, -0.1) is 0 Å². The number of rotatable bonds is 5. The third kappa shape index (κ3) is 4.30. The summed E-state index contributed by atoms with van der Waals surface area (Å²) in [6.45, 7) is 0.115. The molecule has 28 heavy (non-hydrogen) atoms. The van der Waals surface area contributed by atoms with Gasteiger partial charge in [0.1, 0.15) is 0 Å². The van der Waals surface area contributed by atoms with Crippen molar-refractivity contribution in [1.82, 2.24) is 15.0 Å². The van der Waals surface area contributed by atoms with Crippen molar-refractivity contribution in [2.45, 2.75) is 12.7 Å². The third-order valence-corrected chi connectivity index (χ3v) is 3.91. The van der Waals surface area contributed by atoms with Crippen LogP contribution in [0.4, 0.5) is 18.9 Å². The Kier molecular flexibility index (Phi) is 5.34. The molecule has 0 saturated heterocycles. The SMILES string of the molecule is CN(C)C(=O)c1ccccc1NCc1nc(-c2cccc(C(F)(F)F)c2)no1. The maximum absolute atomic E-state index is 12.9. The summed E-state index contributed by atoms with van der Waals surface area (Å²) in [5, 5.41) is 6.78. The predicted molar refractivity (Wildman–Crippen MR) is 96.5 cm³/mol. The highest BCUT2D eigenvalue weighted by molar-refractivity contribution is 5.99. The molecule has 0 unspecified atom stereocenters. The highest BCUT2D eigenvalue weighted by Crippen LogP contribution is 2.31. The van der Waals surface area contributed by atoms with E-state index in [0.29, 0.717) is 11.3 Å². The molecule has 2 aromatic carbocycles. The molecule has 0 aliphatic carbocycles. The summed E-state index contributed by atoms with van der Waals surface area (Å²) in [7, 11) is 3.30. The van der Waals surface area contributed by atoms with Gasteiger partial charge >= 0.3 is 6.18 Å². The largest absolute Gasteiger partial charge is 0.416 e. The molecule has 1 N–H and O–H groups in total. The van der Waals surface area contributed by atoms with Gasteiger partial charge in [-0.1, -0.05) is 29.4 Å². The molecular weight excluding hydrogens is 373 g/mol. The summed E-state index contributed by atoms with van der Waals surface area (Å²) >= 11 is 0. The lowest BCUT2D eigenvalue weighted by atomic mass is 10.1. The van der Waals surface area contributed by atoms with Gasteiger partial charge in [-0.3, -0.25) is 4.79 Å². The van der Waals surface area contributed by atoms with E-state index < -0.39 is 11.7 Å². The molecule has 146 valence electrons. The number of aromatic nitrogens is 2. The van der Waals surface area contributed by atoms with Crippen LogP contribution in [0.1, 0.15) is 21.8 Å². The molecule has 0 aliphatic heterocycles. The zero-order valence-corrected chi connectivity index (χ0v) is 15.1. The number of hydrogen-bond donors (Lipinski definition) is 1. The average Bonchev–Trinajstić information content (AvgIpc) is 3.14. The number of amides is 1. The van der Waals surface area contributed by atoms with Crippen molar-refractivity contribution in [2.24, 2.45) is 0 Å². The zero-order chi connectivity index (χ0) is 20.3. The molecular formula is C19H17F3N4O2. The maximum Gasteiger partial charge on any atom is 0.416 e. The topological polar surface area (TPSA) is 71.3 Å². The number of nitrogens with zero attached hydrogens (tertiary/aromatic N) is 3. The van der Waals surface area contributed by atoms with Gasteiger partial charge in [-0.2, -0.15) is 18.2 Å². The second-order valence-electron chi connectivity index (χ2n) is 6.19. The predicted octanol–water partition coefficient (Wildman–Crippen LogP) is 4.07. The smallest absolute Gasteiger partial charge is 0.375 e. The van der Waals surface area contributed by atoms with Crippen LogP contribution in [0, 0.1) is 0 Å². The number of carbonyl (C=O) groups excluding carboxylic acids is 1. The van der Waals surface area contributed by atoms with Crippen molar-refractivity contribution >= 4 is 11.6 Å². The van der Waals surface area contributed by atoms with E-state index >= 15 is 0 Å². The number of hydrogen-bond acceptors (Lipinski definition) is 5. The first-order valence-corrected chi connectivity index (χ1v) is 8.30. The fourth-order valence-corrected chi connectivity index (χ4v) is 2.51. The van der Waals surface area contributed by atoms with Gasteiger partial charge in [-0.25, -0.2) is 0 Å². The molecule has 9 heteroatoms. The van der Waals surface area contributed by atoms with Crippen molar-refractivity contribution in [3.05, 3.63) is 65.5 Å². The van der Waals surface area contributed by atoms with Crippen LogP contribution in [-0.4, -0.2) is 35.0 Å². The van der Waals surface area contributed by atoms with Gasteiger partial charge in [0.05, 0.1) is 17.7 Å². The standard InChI is InChI=1S/C19H17F3N4O2/c1-26(2)18(27)14-8-3-4-9-15(14)23-11-16-24-17(25-28-16)12-6-5-7-13(10-12)19(20,21)22/h3-10,23H,11H2,1-2H3. The van der Waals surface area contributed by atoms with Crippen LogP contribution in [0.25, 0.3) is 11.4 Å². The average molecular weight is 390 g/mol. The Morgan fingerprint density at radius 1 is 1.14 bits per heavy atom. The minimum absolute atomic E-state index is 0.0561. The van der Waals surface area contributed by atoms with Crippen LogP contribution in [0.15, 0.2) is 53.1 Å².